The SMILES string of the molecule is CCNC(C)/C=C/c1sc(N(C)C)nc1Cl. The summed E-state index contributed by atoms with van der Waals surface area (Å²) in [7, 11) is 3.92. The van der Waals surface area contributed by atoms with E-state index in [1.807, 2.05) is 25.1 Å². The van der Waals surface area contributed by atoms with Crippen LogP contribution in [0.1, 0.15) is 18.7 Å². The number of hydrogen-bond acceptors (Lipinski definition) is 4. The van der Waals surface area contributed by atoms with Gasteiger partial charge in [0.25, 0.3) is 0 Å². The molecule has 0 amide bonds. The van der Waals surface area contributed by atoms with Crippen LogP contribution in [0.5, 0.6) is 0 Å². The molecule has 0 aromatic carbocycles. The first-order valence-electron chi connectivity index (χ1n) is 5.29. The van der Waals surface area contributed by atoms with Crippen molar-refractivity contribution in [3.63, 3.8) is 0 Å². The smallest absolute Gasteiger partial charge is 0.186 e. The first kappa shape index (κ1) is 13.5. The Morgan fingerprint density at radius 1 is 1.56 bits per heavy atom. The van der Waals surface area contributed by atoms with E-state index in [-0.39, 0.29) is 0 Å². The number of anilines is 1. The third kappa shape index (κ3) is 3.77. The molecule has 1 atom stereocenters. The Kier molecular flexibility index (Phi) is 5.25. The lowest BCUT2D eigenvalue weighted by molar-refractivity contribution is 0.663. The predicted octanol–water partition coefficient (Wildman–Crippen LogP) is 2.87. The summed E-state index contributed by atoms with van der Waals surface area (Å²) in [6, 6.07) is 0.353. The lowest BCUT2D eigenvalue weighted by Crippen LogP contribution is -2.22. The van der Waals surface area contributed by atoms with Crippen LogP contribution in [0, 0.1) is 0 Å². The molecule has 5 heteroatoms. The third-order valence-corrected chi connectivity index (χ3v) is 3.63. The van der Waals surface area contributed by atoms with Crippen LogP contribution in [0.3, 0.4) is 0 Å². The molecule has 16 heavy (non-hydrogen) atoms. The van der Waals surface area contributed by atoms with Crippen molar-refractivity contribution in [3.8, 4) is 0 Å². The second-order valence-corrected chi connectivity index (χ2v) is 5.12. The van der Waals surface area contributed by atoms with Crippen LogP contribution in [0.15, 0.2) is 6.08 Å². The van der Waals surface area contributed by atoms with E-state index in [9.17, 15) is 0 Å². The molecule has 1 aromatic rings. The maximum absolute atomic E-state index is 6.05. The minimum atomic E-state index is 0.353. The molecule has 0 radical (unpaired) electrons. The highest BCUT2D eigenvalue weighted by molar-refractivity contribution is 7.17. The van der Waals surface area contributed by atoms with E-state index in [1.165, 1.54) is 0 Å². The molecule has 1 unspecified atom stereocenters. The molecule has 0 aliphatic heterocycles. The van der Waals surface area contributed by atoms with E-state index in [1.54, 1.807) is 11.3 Å². The van der Waals surface area contributed by atoms with Crippen LogP contribution in [0.2, 0.25) is 5.15 Å². The van der Waals surface area contributed by atoms with E-state index in [4.69, 9.17) is 11.6 Å². The number of nitrogens with one attached hydrogen (secondary N) is 1. The zero-order chi connectivity index (χ0) is 12.1. The maximum atomic E-state index is 6.05. The topological polar surface area (TPSA) is 28.2 Å². The van der Waals surface area contributed by atoms with Gasteiger partial charge in [-0.15, -0.1) is 0 Å². The number of likely N-dealkylation sites (N-methyl/N-ethyl adjacent to an activating group) is 1. The highest BCUT2D eigenvalue weighted by Gasteiger charge is 2.08. The zero-order valence-electron chi connectivity index (χ0n) is 10.1. The van der Waals surface area contributed by atoms with Crippen molar-refractivity contribution in [1.82, 2.24) is 10.3 Å². The van der Waals surface area contributed by atoms with Crippen LogP contribution >= 0.6 is 22.9 Å². The third-order valence-electron chi connectivity index (χ3n) is 2.04. The fourth-order valence-corrected chi connectivity index (χ4v) is 2.32. The Hall–Kier alpha value is -0.580. The summed E-state index contributed by atoms with van der Waals surface area (Å²) in [5, 5.41) is 4.82. The summed E-state index contributed by atoms with van der Waals surface area (Å²) in [6.45, 7) is 5.17. The molecule has 1 aromatic heterocycles. The molecule has 1 heterocycles. The molecule has 0 aliphatic carbocycles. The fourth-order valence-electron chi connectivity index (χ4n) is 1.22. The Balaban J connectivity index is 2.73. The van der Waals surface area contributed by atoms with Crippen LogP contribution in [0.4, 0.5) is 5.13 Å². The molecule has 0 bridgehead atoms. The molecule has 0 saturated heterocycles. The Morgan fingerprint density at radius 2 is 2.25 bits per heavy atom. The van der Waals surface area contributed by atoms with Gasteiger partial charge in [-0.3, -0.25) is 0 Å². The molecule has 1 N–H and O–H groups in total. The second-order valence-electron chi connectivity index (χ2n) is 3.75. The van der Waals surface area contributed by atoms with Crippen molar-refractivity contribution in [2.24, 2.45) is 0 Å². The van der Waals surface area contributed by atoms with Gasteiger partial charge in [-0.05, 0) is 19.5 Å². The lowest BCUT2D eigenvalue weighted by atomic mass is 10.3. The summed E-state index contributed by atoms with van der Waals surface area (Å²) in [5.41, 5.74) is 0. The molecule has 3 nitrogen and oxygen atoms in total. The quantitative estimate of drug-likeness (QED) is 0.881. The van der Waals surface area contributed by atoms with Gasteiger partial charge in [0.15, 0.2) is 5.13 Å². The standard InChI is InChI=1S/C11H18ClN3S/c1-5-13-8(2)6-7-9-10(12)14-11(16-9)15(3)4/h6-8,13H,5H2,1-4H3/b7-6+. The van der Waals surface area contributed by atoms with Crippen molar-refractivity contribution < 1.29 is 0 Å². The van der Waals surface area contributed by atoms with Crippen molar-refractivity contribution in [2.45, 2.75) is 19.9 Å². The van der Waals surface area contributed by atoms with Gasteiger partial charge in [-0.25, -0.2) is 4.98 Å². The fraction of sp³-hybridized carbons (Fsp3) is 0.545. The second kappa shape index (κ2) is 6.23. The number of rotatable bonds is 5. The summed E-state index contributed by atoms with van der Waals surface area (Å²) >= 11 is 7.65. The number of aromatic nitrogens is 1. The van der Waals surface area contributed by atoms with Crippen LogP contribution in [-0.2, 0) is 0 Å². The van der Waals surface area contributed by atoms with Crippen LogP contribution < -0.4 is 10.2 Å². The molecule has 90 valence electrons. The van der Waals surface area contributed by atoms with Crippen molar-refractivity contribution in [3.05, 3.63) is 16.1 Å². The van der Waals surface area contributed by atoms with Crippen molar-refractivity contribution >= 4 is 34.1 Å². The monoisotopic (exact) mass is 259 g/mol. The summed E-state index contributed by atoms with van der Waals surface area (Å²) < 4.78 is 0. The number of halogens is 1. The lowest BCUT2D eigenvalue weighted by Gasteiger charge is -2.05. The minimum Gasteiger partial charge on any atom is -0.354 e. The summed E-state index contributed by atoms with van der Waals surface area (Å²) in [5.74, 6) is 0. The van der Waals surface area contributed by atoms with E-state index < -0.39 is 0 Å². The number of hydrogen-bond donors (Lipinski definition) is 1. The van der Waals surface area contributed by atoms with Gasteiger partial charge in [-0.1, -0.05) is 35.9 Å². The minimum absolute atomic E-state index is 0.353. The molecule has 0 saturated carbocycles. The van der Waals surface area contributed by atoms with Gasteiger partial charge in [-0.2, -0.15) is 0 Å². The van der Waals surface area contributed by atoms with E-state index >= 15 is 0 Å². The highest BCUT2D eigenvalue weighted by atomic mass is 35.5. The number of thiazole rings is 1. The van der Waals surface area contributed by atoms with Crippen LogP contribution in [-0.4, -0.2) is 31.7 Å². The molecule has 0 spiro atoms. The number of nitrogens with zero attached hydrogens (tertiary/aromatic N) is 2. The van der Waals surface area contributed by atoms with Crippen molar-refractivity contribution in [1.29, 1.82) is 0 Å². The maximum Gasteiger partial charge on any atom is 0.186 e. The summed E-state index contributed by atoms with van der Waals surface area (Å²) in [6.07, 6.45) is 4.13. The van der Waals surface area contributed by atoms with Crippen LogP contribution in [0.25, 0.3) is 6.08 Å². The van der Waals surface area contributed by atoms with Gasteiger partial charge in [0.2, 0.25) is 0 Å². The molecular formula is C11H18ClN3S. The Morgan fingerprint density at radius 3 is 2.75 bits per heavy atom. The van der Waals surface area contributed by atoms with E-state index in [2.05, 4.69) is 30.2 Å². The van der Waals surface area contributed by atoms with Gasteiger partial charge >= 0.3 is 0 Å². The first-order valence-corrected chi connectivity index (χ1v) is 6.49. The molecule has 1 rings (SSSR count). The van der Waals surface area contributed by atoms with Gasteiger partial charge in [0.1, 0.15) is 5.15 Å². The van der Waals surface area contributed by atoms with E-state index in [0.717, 1.165) is 16.6 Å². The Labute approximate surface area is 106 Å². The zero-order valence-corrected chi connectivity index (χ0v) is 11.7. The molecule has 0 fully saturated rings. The normalized spacial score (nSPS) is 13.3. The predicted molar refractivity (Wildman–Crippen MR) is 73.6 cm³/mol. The van der Waals surface area contributed by atoms with Gasteiger partial charge < -0.3 is 10.2 Å². The van der Waals surface area contributed by atoms with Gasteiger partial charge in [0, 0.05) is 20.1 Å². The molecular weight excluding hydrogens is 242 g/mol. The van der Waals surface area contributed by atoms with Crippen molar-refractivity contribution in [2.75, 3.05) is 25.5 Å². The summed E-state index contributed by atoms with van der Waals surface area (Å²) in [4.78, 5) is 7.24. The average Bonchev–Trinajstić information content (AvgIpc) is 2.58. The first-order chi connectivity index (χ1) is 7.54. The highest BCUT2D eigenvalue weighted by Crippen LogP contribution is 2.29. The van der Waals surface area contributed by atoms with E-state index in [0.29, 0.717) is 11.2 Å². The molecule has 0 aliphatic rings. The van der Waals surface area contributed by atoms with Gasteiger partial charge in [0.05, 0.1) is 4.88 Å². The Bertz CT molecular complexity index is 360. The largest absolute Gasteiger partial charge is 0.354 e. The average molecular weight is 260 g/mol.